The van der Waals surface area contributed by atoms with Gasteiger partial charge < -0.3 is 5.32 Å². The maximum atomic E-state index is 11.9. The van der Waals surface area contributed by atoms with E-state index < -0.39 is 0 Å². The molecule has 0 fully saturated rings. The van der Waals surface area contributed by atoms with Crippen molar-refractivity contribution in [3.05, 3.63) is 64.4 Å². The van der Waals surface area contributed by atoms with Gasteiger partial charge in [0.25, 0.3) is 5.91 Å². The first-order chi connectivity index (χ1) is 9.16. The van der Waals surface area contributed by atoms with Gasteiger partial charge in [0, 0.05) is 24.0 Å². The second kappa shape index (κ2) is 6.34. The zero-order valence-corrected chi connectivity index (χ0v) is 11.4. The Morgan fingerprint density at radius 2 is 2.11 bits per heavy atom. The Kier molecular flexibility index (Phi) is 4.53. The van der Waals surface area contributed by atoms with Gasteiger partial charge in [0.1, 0.15) is 0 Å². The Labute approximate surface area is 117 Å². The molecule has 0 saturated carbocycles. The van der Waals surface area contributed by atoms with E-state index in [2.05, 4.69) is 10.3 Å². The first kappa shape index (κ1) is 13.6. The van der Waals surface area contributed by atoms with E-state index in [4.69, 9.17) is 11.6 Å². The smallest absolute Gasteiger partial charge is 0.252 e. The molecule has 0 aliphatic carbocycles. The highest BCUT2D eigenvalue weighted by Crippen LogP contribution is 2.14. The molecule has 2 aromatic rings. The standard InChI is InChI=1S/C15H15ClN2O/c1-11-8-13(10-17-9-11)15(19)18-7-6-12-4-2-3-5-14(12)16/h2-5,8-10H,6-7H2,1H3,(H,18,19). The van der Waals surface area contributed by atoms with Crippen molar-refractivity contribution in [3.8, 4) is 0 Å². The quantitative estimate of drug-likeness (QED) is 0.931. The number of nitrogens with zero attached hydrogens (tertiary/aromatic N) is 1. The summed E-state index contributed by atoms with van der Waals surface area (Å²) in [5, 5.41) is 3.59. The van der Waals surface area contributed by atoms with Crippen LogP contribution in [-0.4, -0.2) is 17.4 Å². The van der Waals surface area contributed by atoms with Gasteiger partial charge in [-0.3, -0.25) is 9.78 Å². The van der Waals surface area contributed by atoms with Crippen molar-refractivity contribution in [2.45, 2.75) is 13.3 Å². The molecule has 1 aromatic carbocycles. The highest BCUT2D eigenvalue weighted by atomic mass is 35.5. The predicted octanol–water partition coefficient (Wildman–Crippen LogP) is 3.02. The zero-order valence-electron chi connectivity index (χ0n) is 10.7. The number of hydrogen-bond donors (Lipinski definition) is 1. The number of carbonyl (C=O) groups is 1. The molecule has 0 radical (unpaired) electrons. The predicted molar refractivity (Wildman–Crippen MR) is 76.5 cm³/mol. The maximum absolute atomic E-state index is 11.9. The van der Waals surface area contributed by atoms with Gasteiger partial charge in [-0.1, -0.05) is 29.8 Å². The van der Waals surface area contributed by atoms with Crippen LogP contribution in [0.15, 0.2) is 42.7 Å². The second-order valence-corrected chi connectivity index (χ2v) is 4.76. The fourth-order valence-electron chi connectivity index (χ4n) is 1.79. The Morgan fingerprint density at radius 3 is 2.84 bits per heavy atom. The maximum Gasteiger partial charge on any atom is 0.252 e. The number of rotatable bonds is 4. The molecule has 98 valence electrons. The van der Waals surface area contributed by atoms with Crippen LogP contribution >= 0.6 is 11.6 Å². The largest absolute Gasteiger partial charge is 0.352 e. The molecular weight excluding hydrogens is 260 g/mol. The third-order valence-electron chi connectivity index (χ3n) is 2.77. The Bertz CT molecular complexity index is 584. The molecule has 0 aliphatic rings. The molecule has 0 aliphatic heterocycles. The number of amides is 1. The van der Waals surface area contributed by atoms with Crippen LogP contribution in [0.1, 0.15) is 21.5 Å². The third kappa shape index (κ3) is 3.80. The average Bonchev–Trinajstić information content (AvgIpc) is 2.41. The Hall–Kier alpha value is -1.87. The van der Waals surface area contributed by atoms with E-state index in [9.17, 15) is 4.79 Å². The topological polar surface area (TPSA) is 42.0 Å². The fourth-order valence-corrected chi connectivity index (χ4v) is 2.02. The molecule has 1 amide bonds. The molecule has 0 atom stereocenters. The minimum absolute atomic E-state index is 0.108. The van der Waals surface area contributed by atoms with E-state index in [0.717, 1.165) is 16.1 Å². The van der Waals surface area contributed by atoms with E-state index >= 15 is 0 Å². The van der Waals surface area contributed by atoms with Crippen molar-refractivity contribution in [1.29, 1.82) is 0 Å². The van der Waals surface area contributed by atoms with Gasteiger partial charge in [-0.2, -0.15) is 0 Å². The van der Waals surface area contributed by atoms with Gasteiger partial charge in [0.05, 0.1) is 5.56 Å². The van der Waals surface area contributed by atoms with Crippen LogP contribution in [-0.2, 0) is 6.42 Å². The molecule has 1 N–H and O–H groups in total. The minimum atomic E-state index is -0.108. The summed E-state index contributed by atoms with van der Waals surface area (Å²) in [6.07, 6.45) is 4.00. The second-order valence-electron chi connectivity index (χ2n) is 4.35. The molecule has 0 spiro atoms. The van der Waals surface area contributed by atoms with Gasteiger partial charge in [-0.15, -0.1) is 0 Å². The molecule has 19 heavy (non-hydrogen) atoms. The summed E-state index contributed by atoms with van der Waals surface area (Å²) >= 11 is 6.05. The highest BCUT2D eigenvalue weighted by molar-refractivity contribution is 6.31. The summed E-state index contributed by atoms with van der Waals surface area (Å²) in [7, 11) is 0. The molecule has 0 unspecified atom stereocenters. The van der Waals surface area contributed by atoms with Gasteiger partial charge in [0.15, 0.2) is 0 Å². The zero-order chi connectivity index (χ0) is 13.7. The number of pyridine rings is 1. The number of benzene rings is 1. The first-order valence-electron chi connectivity index (χ1n) is 6.10. The van der Waals surface area contributed by atoms with Crippen LogP contribution in [0, 0.1) is 6.92 Å². The summed E-state index contributed by atoms with van der Waals surface area (Å²) < 4.78 is 0. The molecule has 3 nitrogen and oxygen atoms in total. The summed E-state index contributed by atoms with van der Waals surface area (Å²) in [5.74, 6) is -0.108. The number of halogens is 1. The van der Waals surface area contributed by atoms with Crippen LogP contribution in [0.4, 0.5) is 0 Å². The number of hydrogen-bond acceptors (Lipinski definition) is 2. The van der Waals surface area contributed by atoms with Crippen LogP contribution < -0.4 is 5.32 Å². The lowest BCUT2D eigenvalue weighted by molar-refractivity contribution is 0.0953. The molecule has 0 bridgehead atoms. The molecule has 1 aromatic heterocycles. The van der Waals surface area contributed by atoms with Crippen LogP contribution in [0.5, 0.6) is 0 Å². The third-order valence-corrected chi connectivity index (χ3v) is 3.14. The lowest BCUT2D eigenvalue weighted by Crippen LogP contribution is -2.25. The van der Waals surface area contributed by atoms with Crippen molar-refractivity contribution in [2.24, 2.45) is 0 Å². The lowest BCUT2D eigenvalue weighted by Gasteiger charge is -2.06. The van der Waals surface area contributed by atoms with Gasteiger partial charge in [0.2, 0.25) is 0 Å². The number of carbonyl (C=O) groups excluding carboxylic acids is 1. The average molecular weight is 275 g/mol. The van der Waals surface area contributed by atoms with E-state index in [1.165, 1.54) is 0 Å². The van der Waals surface area contributed by atoms with E-state index in [1.54, 1.807) is 12.4 Å². The van der Waals surface area contributed by atoms with Crippen molar-refractivity contribution >= 4 is 17.5 Å². The minimum Gasteiger partial charge on any atom is -0.352 e. The molecule has 2 rings (SSSR count). The first-order valence-corrected chi connectivity index (χ1v) is 6.48. The van der Waals surface area contributed by atoms with Crippen molar-refractivity contribution in [1.82, 2.24) is 10.3 Å². The van der Waals surface area contributed by atoms with Crippen molar-refractivity contribution in [3.63, 3.8) is 0 Å². The monoisotopic (exact) mass is 274 g/mol. The fraction of sp³-hybridized carbons (Fsp3) is 0.200. The van der Waals surface area contributed by atoms with Gasteiger partial charge in [-0.05, 0) is 36.6 Å². The van der Waals surface area contributed by atoms with E-state index in [1.807, 2.05) is 37.3 Å². The SMILES string of the molecule is Cc1cncc(C(=O)NCCc2ccccc2Cl)c1. The molecule has 4 heteroatoms. The molecule has 0 saturated heterocycles. The van der Waals surface area contributed by atoms with Crippen molar-refractivity contribution < 1.29 is 4.79 Å². The Morgan fingerprint density at radius 1 is 1.32 bits per heavy atom. The van der Waals surface area contributed by atoms with E-state index in [-0.39, 0.29) is 5.91 Å². The lowest BCUT2D eigenvalue weighted by atomic mass is 10.1. The van der Waals surface area contributed by atoms with Gasteiger partial charge in [-0.25, -0.2) is 0 Å². The van der Waals surface area contributed by atoms with Crippen LogP contribution in [0.3, 0.4) is 0 Å². The molecule has 1 heterocycles. The number of nitrogens with one attached hydrogen (secondary N) is 1. The highest BCUT2D eigenvalue weighted by Gasteiger charge is 2.06. The van der Waals surface area contributed by atoms with Crippen molar-refractivity contribution in [2.75, 3.05) is 6.54 Å². The summed E-state index contributed by atoms with van der Waals surface area (Å²) in [5.41, 5.74) is 2.59. The normalized spacial score (nSPS) is 10.2. The number of aromatic nitrogens is 1. The summed E-state index contributed by atoms with van der Waals surface area (Å²) in [6.45, 7) is 2.46. The van der Waals surface area contributed by atoms with Crippen LogP contribution in [0.25, 0.3) is 0 Å². The van der Waals surface area contributed by atoms with Crippen LogP contribution in [0.2, 0.25) is 5.02 Å². The summed E-state index contributed by atoms with van der Waals surface area (Å²) in [4.78, 5) is 15.9. The van der Waals surface area contributed by atoms with E-state index in [0.29, 0.717) is 18.5 Å². The summed E-state index contributed by atoms with van der Waals surface area (Å²) in [6, 6.07) is 9.46. The molecular formula is C15H15ClN2O. The van der Waals surface area contributed by atoms with Gasteiger partial charge >= 0.3 is 0 Å². The Balaban J connectivity index is 1.90. The number of aryl methyl sites for hydroxylation is 1.